The summed E-state index contributed by atoms with van der Waals surface area (Å²) in [5.41, 5.74) is 0.366. The van der Waals surface area contributed by atoms with Gasteiger partial charge < -0.3 is 29.7 Å². The Labute approximate surface area is 288 Å². The molecule has 3 saturated carbocycles. The Kier molecular flexibility index (Phi) is 13.7. The predicted molar refractivity (Wildman–Crippen MR) is 185 cm³/mol. The van der Waals surface area contributed by atoms with Gasteiger partial charge in [0.25, 0.3) is 0 Å². The van der Waals surface area contributed by atoms with E-state index in [1.54, 1.807) is 4.90 Å². The van der Waals surface area contributed by atoms with Gasteiger partial charge in [0.1, 0.15) is 17.3 Å². The molecule has 0 saturated heterocycles. The third kappa shape index (κ3) is 12.0. The Morgan fingerprint density at radius 2 is 1.42 bits per heavy atom. The first-order valence-corrected chi connectivity index (χ1v) is 18.8. The van der Waals surface area contributed by atoms with Crippen molar-refractivity contribution in [3.05, 3.63) is 11.6 Å². The van der Waals surface area contributed by atoms with Crippen LogP contribution in [0.1, 0.15) is 131 Å². The Morgan fingerprint density at radius 3 is 2.10 bits per heavy atom. The van der Waals surface area contributed by atoms with Crippen molar-refractivity contribution in [2.24, 2.45) is 29.6 Å². The summed E-state index contributed by atoms with van der Waals surface area (Å²) in [4.78, 5) is 51.9. The van der Waals surface area contributed by atoms with Crippen LogP contribution in [-0.2, 0) is 23.8 Å². The molecule has 10 heteroatoms. The van der Waals surface area contributed by atoms with E-state index in [1.165, 1.54) is 44.1 Å². The van der Waals surface area contributed by atoms with Crippen LogP contribution in [0.2, 0.25) is 0 Å². The number of alkyl carbamates (subject to hydrolysis) is 2. The zero-order chi connectivity index (χ0) is 34.9. The second-order valence-corrected chi connectivity index (χ2v) is 16.6. The third-order valence-electron chi connectivity index (χ3n) is 10.6. The molecule has 6 unspecified atom stereocenters. The highest BCUT2D eigenvalue weighted by Crippen LogP contribution is 2.56. The molecule has 0 radical (unpaired) electrons. The van der Waals surface area contributed by atoms with Gasteiger partial charge in [-0.2, -0.15) is 0 Å². The molecule has 6 atom stereocenters. The summed E-state index contributed by atoms with van der Waals surface area (Å²) in [7, 11) is 0. The maximum absolute atomic E-state index is 13.3. The number of nitrogens with zero attached hydrogens (tertiary/aromatic N) is 1. The van der Waals surface area contributed by atoms with Gasteiger partial charge in [-0.15, -0.1) is 0 Å². The molecule has 0 aliphatic heterocycles. The molecule has 10 nitrogen and oxygen atoms in total. The Hall–Kier alpha value is -2.78. The second-order valence-electron chi connectivity index (χ2n) is 16.6. The summed E-state index contributed by atoms with van der Waals surface area (Å²) in [6, 6.07) is 0. The Bertz CT molecular complexity index is 1140. The topological polar surface area (TPSA) is 123 Å². The fourth-order valence-electron chi connectivity index (χ4n) is 8.63. The number of fused-ring (bicyclic) bond motifs is 5. The van der Waals surface area contributed by atoms with Crippen LogP contribution < -0.4 is 10.6 Å². The van der Waals surface area contributed by atoms with E-state index >= 15 is 0 Å². The molecule has 0 bridgehead atoms. The SMILES string of the molecule is CC(C)(C)OC(=O)NCCCCN(CCCNC(=O)OC(C)(C)C)C(=O)CCC(=O)OC1CCC2C(=CCC3C4CCCC4CCC23)C1. The van der Waals surface area contributed by atoms with Crippen molar-refractivity contribution in [3.63, 3.8) is 0 Å². The van der Waals surface area contributed by atoms with Crippen LogP contribution in [0, 0.1) is 29.6 Å². The van der Waals surface area contributed by atoms with E-state index in [-0.39, 0.29) is 30.8 Å². The van der Waals surface area contributed by atoms with Gasteiger partial charge in [0.05, 0.1) is 6.42 Å². The van der Waals surface area contributed by atoms with Gasteiger partial charge in [-0.05, 0) is 129 Å². The van der Waals surface area contributed by atoms with E-state index in [0.29, 0.717) is 51.4 Å². The van der Waals surface area contributed by atoms with Crippen LogP contribution in [0.15, 0.2) is 11.6 Å². The summed E-state index contributed by atoms with van der Waals surface area (Å²) in [6.07, 6.45) is 14.6. The van der Waals surface area contributed by atoms with Gasteiger partial charge >= 0.3 is 18.2 Å². The predicted octanol–water partition coefficient (Wildman–Crippen LogP) is 7.30. The highest BCUT2D eigenvalue weighted by atomic mass is 16.6. The molecule has 48 heavy (non-hydrogen) atoms. The summed E-state index contributed by atoms with van der Waals surface area (Å²) in [5, 5.41) is 5.50. The van der Waals surface area contributed by atoms with Gasteiger partial charge in [-0.1, -0.05) is 24.5 Å². The van der Waals surface area contributed by atoms with Crippen molar-refractivity contribution >= 4 is 24.1 Å². The molecule has 0 heterocycles. The quantitative estimate of drug-likeness (QED) is 0.0910. The van der Waals surface area contributed by atoms with E-state index < -0.39 is 23.4 Å². The minimum absolute atomic E-state index is 0.0540. The molecular formula is C38H63N3O7. The van der Waals surface area contributed by atoms with E-state index in [4.69, 9.17) is 14.2 Å². The highest BCUT2D eigenvalue weighted by Gasteiger charge is 2.47. The van der Waals surface area contributed by atoms with Gasteiger partial charge in [0.15, 0.2) is 0 Å². The number of hydrogen-bond donors (Lipinski definition) is 2. The maximum atomic E-state index is 13.3. The highest BCUT2D eigenvalue weighted by molar-refractivity contribution is 5.81. The number of rotatable bonds is 13. The second kappa shape index (κ2) is 17.2. The van der Waals surface area contributed by atoms with E-state index in [0.717, 1.165) is 42.9 Å². The Balaban J connectivity index is 1.20. The minimum atomic E-state index is -0.585. The van der Waals surface area contributed by atoms with Gasteiger partial charge in [0, 0.05) is 39.0 Å². The van der Waals surface area contributed by atoms with Crippen LogP contribution in [0.3, 0.4) is 0 Å². The standard InChI is InChI=1S/C38H63N3O7/c1-37(2,3)47-35(44)39-21-7-8-23-41(24-10-22-40-36(45)48-38(4,5)6)33(42)19-20-34(43)46-28-15-18-30-27(25-28)14-17-31-29-12-9-11-26(29)13-16-32(30)31/h14,26,28-32H,7-13,15-25H2,1-6H3,(H,39,44)(H,40,45). The smallest absolute Gasteiger partial charge is 0.407 e. The number of esters is 1. The molecule has 272 valence electrons. The van der Waals surface area contributed by atoms with Crippen molar-refractivity contribution in [3.8, 4) is 0 Å². The largest absolute Gasteiger partial charge is 0.462 e. The number of hydrogen-bond acceptors (Lipinski definition) is 7. The first kappa shape index (κ1) is 38.0. The number of ether oxygens (including phenoxy) is 3. The van der Waals surface area contributed by atoms with Crippen molar-refractivity contribution in [1.82, 2.24) is 15.5 Å². The molecule has 3 amide bonds. The molecule has 0 aromatic rings. The molecular weight excluding hydrogens is 610 g/mol. The van der Waals surface area contributed by atoms with Crippen LogP contribution in [-0.4, -0.2) is 72.4 Å². The number of carbonyl (C=O) groups excluding carboxylic acids is 4. The van der Waals surface area contributed by atoms with Crippen molar-refractivity contribution < 1.29 is 33.4 Å². The molecule has 0 aromatic carbocycles. The summed E-state index contributed by atoms with van der Waals surface area (Å²) in [6.45, 7) is 12.6. The van der Waals surface area contributed by atoms with Crippen LogP contribution in [0.5, 0.6) is 0 Å². The van der Waals surface area contributed by atoms with E-state index in [2.05, 4.69) is 16.7 Å². The summed E-state index contributed by atoms with van der Waals surface area (Å²) in [5.74, 6) is 3.83. The molecule has 0 aromatic heterocycles. The normalized spacial score (nSPS) is 26.6. The molecule has 4 aliphatic carbocycles. The van der Waals surface area contributed by atoms with Gasteiger partial charge in [-0.25, -0.2) is 9.59 Å². The lowest BCUT2D eigenvalue weighted by Crippen LogP contribution is -2.41. The first-order valence-electron chi connectivity index (χ1n) is 18.8. The first-order chi connectivity index (χ1) is 22.7. The fourth-order valence-corrected chi connectivity index (χ4v) is 8.63. The third-order valence-corrected chi connectivity index (χ3v) is 10.6. The number of unbranched alkanes of at least 4 members (excludes halogenated alkanes) is 1. The lowest BCUT2D eigenvalue weighted by Gasteiger charge is -2.49. The van der Waals surface area contributed by atoms with Crippen molar-refractivity contribution in [2.75, 3.05) is 26.2 Å². The monoisotopic (exact) mass is 673 g/mol. The minimum Gasteiger partial charge on any atom is -0.462 e. The zero-order valence-electron chi connectivity index (χ0n) is 30.6. The average Bonchev–Trinajstić information content (AvgIpc) is 3.48. The number of carbonyl (C=O) groups is 4. The average molecular weight is 674 g/mol. The van der Waals surface area contributed by atoms with Crippen LogP contribution in [0.25, 0.3) is 0 Å². The van der Waals surface area contributed by atoms with E-state index in [1.807, 2.05) is 41.5 Å². The Morgan fingerprint density at radius 1 is 0.750 bits per heavy atom. The summed E-state index contributed by atoms with van der Waals surface area (Å²) < 4.78 is 16.5. The lowest BCUT2D eigenvalue weighted by molar-refractivity contribution is -0.152. The summed E-state index contributed by atoms with van der Waals surface area (Å²) >= 11 is 0. The van der Waals surface area contributed by atoms with Gasteiger partial charge in [0.2, 0.25) is 5.91 Å². The van der Waals surface area contributed by atoms with E-state index in [9.17, 15) is 19.2 Å². The lowest BCUT2D eigenvalue weighted by atomic mass is 9.57. The molecule has 4 rings (SSSR count). The molecule has 3 fully saturated rings. The number of allylic oxidation sites excluding steroid dienone is 1. The zero-order valence-corrected chi connectivity index (χ0v) is 30.6. The number of nitrogens with one attached hydrogen (secondary N) is 2. The van der Waals surface area contributed by atoms with Crippen LogP contribution >= 0.6 is 0 Å². The van der Waals surface area contributed by atoms with Gasteiger partial charge in [-0.3, -0.25) is 9.59 Å². The number of amides is 3. The molecule has 2 N–H and O–H groups in total. The molecule has 0 spiro atoms. The molecule has 4 aliphatic rings. The fraction of sp³-hybridized carbons (Fsp3) is 0.842. The maximum Gasteiger partial charge on any atom is 0.407 e. The van der Waals surface area contributed by atoms with Crippen LogP contribution in [0.4, 0.5) is 9.59 Å². The van der Waals surface area contributed by atoms with Crippen molar-refractivity contribution in [2.45, 2.75) is 149 Å². The van der Waals surface area contributed by atoms with Crippen molar-refractivity contribution in [1.29, 1.82) is 0 Å².